The number of aromatic nitrogens is 1. The summed E-state index contributed by atoms with van der Waals surface area (Å²) < 4.78 is 59.9. The van der Waals surface area contributed by atoms with Gasteiger partial charge in [0.15, 0.2) is 0 Å². The molecule has 1 aliphatic heterocycles. The number of ether oxygens (including phenoxy) is 1. The number of carboxylic acid groups (broad SMARTS) is 1. The summed E-state index contributed by atoms with van der Waals surface area (Å²) in [6, 6.07) is 6.78. The monoisotopic (exact) mass is 484 g/mol. The van der Waals surface area contributed by atoms with Crippen molar-refractivity contribution in [1.82, 2.24) is 8.28 Å². The van der Waals surface area contributed by atoms with E-state index in [2.05, 4.69) is 0 Å². The first-order valence-corrected chi connectivity index (χ1v) is 13.1. The molecular weight excluding hydrogens is 464 g/mol. The van der Waals surface area contributed by atoms with Gasteiger partial charge >= 0.3 is 5.97 Å². The molecule has 4 rings (SSSR count). The van der Waals surface area contributed by atoms with Crippen molar-refractivity contribution in [3.8, 4) is 0 Å². The maximum absolute atomic E-state index is 13.4. The van der Waals surface area contributed by atoms with Crippen molar-refractivity contribution in [2.75, 3.05) is 26.3 Å². The number of benzene rings is 1. The smallest absolute Gasteiger partial charge is 0.307 e. The highest BCUT2D eigenvalue weighted by Crippen LogP contribution is 2.34. The minimum Gasteiger partial charge on any atom is -0.481 e. The Balaban J connectivity index is 1.74. The number of hydrogen-bond donors (Lipinski definition) is 1. The van der Waals surface area contributed by atoms with E-state index in [0.717, 1.165) is 3.97 Å². The molecule has 0 amide bonds. The molecule has 0 bridgehead atoms. The summed E-state index contributed by atoms with van der Waals surface area (Å²) in [5.74, 6) is -1.05. The minimum absolute atomic E-state index is 0.00501. The third kappa shape index (κ3) is 3.78. The molecule has 31 heavy (non-hydrogen) atoms. The van der Waals surface area contributed by atoms with Crippen LogP contribution in [0.1, 0.15) is 11.3 Å². The van der Waals surface area contributed by atoms with Gasteiger partial charge in [-0.1, -0.05) is 0 Å². The lowest BCUT2D eigenvalue weighted by molar-refractivity contribution is -0.136. The van der Waals surface area contributed by atoms with Gasteiger partial charge in [-0.15, -0.1) is 11.3 Å². The van der Waals surface area contributed by atoms with Gasteiger partial charge in [0.2, 0.25) is 10.0 Å². The Morgan fingerprint density at radius 2 is 1.61 bits per heavy atom. The van der Waals surface area contributed by atoms with Crippen LogP contribution in [0.5, 0.6) is 0 Å². The zero-order valence-electron chi connectivity index (χ0n) is 16.5. The van der Waals surface area contributed by atoms with Crippen molar-refractivity contribution in [3.63, 3.8) is 0 Å². The molecule has 1 aliphatic rings. The number of thiophene rings is 1. The van der Waals surface area contributed by atoms with E-state index in [9.17, 15) is 26.7 Å². The number of sulfonamides is 1. The van der Waals surface area contributed by atoms with E-state index in [-0.39, 0.29) is 29.3 Å². The second-order valence-corrected chi connectivity index (χ2v) is 11.7. The van der Waals surface area contributed by atoms with Crippen molar-refractivity contribution in [2.45, 2.75) is 23.1 Å². The number of nitrogens with zero attached hydrogens (tertiary/aromatic N) is 2. The molecule has 0 aliphatic carbocycles. The van der Waals surface area contributed by atoms with Crippen LogP contribution in [-0.4, -0.2) is 62.5 Å². The third-order valence-corrected chi connectivity index (χ3v) is 9.92. The molecule has 3 heterocycles. The average Bonchev–Trinajstić information content (AvgIpc) is 3.30. The molecule has 0 spiro atoms. The Morgan fingerprint density at radius 1 is 1.03 bits per heavy atom. The van der Waals surface area contributed by atoms with Crippen molar-refractivity contribution >= 4 is 47.6 Å². The first-order valence-electron chi connectivity index (χ1n) is 9.37. The van der Waals surface area contributed by atoms with E-state index in [1.807, 2.05) is 0 Å². The van der Waals surface area contributed by atoms with Crippen LogP contribution in [0.3, 0.4) is 0 Å². The number of hydrogen-bond acceptors (Lipinski definition) is 7. The highest BCUT2D eigenvalue weighted by atomic mass is 32.2. The van der Waals surface area contributed by atoms with Gasteiger partial charge in [0, 0.05) is 24.2 Å². The fourth-order valence-electron chi connectivity index (χ4n) is 3.65. The topological polar surface area (TPSA) is 123 Å². The lowest BCUT2D eigenvalue weighted by Crippen LogP contribution is -2.40. The van der Waals surface area contributed by atoms with Gasteiger partial charge in [-0.2, -0.15) is 4.31 Å². The van der Waals surface area contributed by atoms with Gasteiger partial charge in [0.1, 0.15) is 4.83 Å². The number of rotatable bonds is 6. The zero-order chi connectivity index (χ0) is 22.4. The molecule has 12 heteroatoms. The second-order valence-electron chi connectivity index (χ2n) is 7.03. The first-order chi connectivity index (χ1) is 14.6. The number of fused-ring (bicyclic) bond motifs is 1. The van der Waals surface area contributed by atoms with E-state index in [1.165, 1.54) is 39.9 Å². The molecule has 1 N–H and O–H groups in total. The molecule has 0 unspecified atom stereocenters. The van der Waals surface area contributed by atoms with E-state index >= 15 is 0 Å². The number of aliphatic carboxylic acids is 1. The van der Waals surface area contributed by atoms with E-state index in [4.69, 9.17) is 4.74 Å². The largest absolute Gasteiger partial charge is 0.481 e. The molecule has 0 atom stereocenters. The molecule has 9 nitrogen and oxygen atoms in total. The molecule has 166 valence electrons. The third-order valence-electron chi connectivity index (χ3n) is 5.19. The second kappa shape index (κ2) is 8.02. The number of morpholine rings is 1. The molecule has 2 aromatic heterocycles. The van der Waals surface area contributed by atoms with Crippen molar-refractivity contribution in [3.05, 3.63) is 47.0 Å². The standard InChI is InChI=1S/C19H20N2O7S3/c1-13-17(12-18(22)23)16-6-11-29-19(16)21(13)31(26,27)15-4-2-14(3-5-15)30(24,25)20-7-9-28-10-8-20/h2-6,11H,7-10,12H2,1H3,(H,22,23). The maximum Gasteiger partial charge on any atom is 0.307 e. The van der Waals surface area contributed by atoms with Crippen LogP contribution in [-0.2, 0) is 36.0 Å². The molecule has 1 aromatic carbocycles. The lowest BCUT2D eigenvalue weighted by Gasteiger charge is -2.26. The Morgan fingerprint density at radius 3 is 2.19 bits per heavy atom. The summed E-state index contributed by atoms with van der Waals surface area (Å²) in [7, 11) is -7.81. The molecule has 0 radical (unpaired) electrons. The van der Waals surface area contributed by atoms with Gasteiger partial charge < -0.3 is 9.84 Å². The van der Waals surface area contributed by atoms with E-state index < -0.39 is 26.0 Å². The summed E-state index contributed by atoms with van der Waals surface area (Å²) >= 11 is 1.20. The summed E-state index contributed by atoms with van der Waals surface area (Å²) in [5.41, 5.74) is 0.771. The predicted molar refractivity (Wildman–Crippen MR) is 114 cm³/mol. The van der Waals surface area contributed by atoms with Crippen LogP contribution < -0.4 is 0 Å². The Labute approximate surface area is 183 Å². The Kier molecular flexibility index (Phi) is 5.68. The van der Waals surface area contributed by atoms with Gasteiger partial charge in [0.05, 0.1) is 29.4 Å². The fraction of sp³-hybridized carbons (Fsp3) is 0.316. The molecule has 1 saturated heterocycles. The average molecular weight is 485 g/mol. The maximum atomic E-state index is 13.4. The highest BCUT2D eigenvalue weighted by molar-refractivity contribution is 7.90. The van der Waals surface area contributed by atoms with Crippen LogP contribution in [0.15, 0.2) is 45.5 Å². The van der Waals surface area contributed by atoms with E-state index in [1.54, 1.807) is 18.4 Å². The van der Waals surface area contributed by atoms with Crippen LogP contribution in [0.25, 0.3) is 10.2 Å². The predicted octanol–water partition coefficient (Wildman–Crippen LogP) is 1.90. The van der Waals surface area contributed by atoms with Gasteiger partial charge in [-0.3, -0.25) is 4.79 Å². The van der Waals surface area contributed by atoms with Crippen LogP contribution in [0, 0.1) is 6.92 Å². The quantitative estimate of drug-likeness (QED) is 0.567. The van der Waals surface area contributed by atoms with Crippen LogP contribution in [0.4, 0.5) is 0 Å². The minimum atomic E-state index is -4.06. The molecule has 3 aromatic rings. The molecular formula is C19H20N2O7S3. The Bertz CT molecular complexity index is 1350. The van der Waals surface area contributed by atoms with Crippen molar-refractivity contribution < 1.29 is 31.5 Å². The molecule has 0 saturated carbocycles. The first kappa shape index (κ1) is 22.0. The molecule has 1 fully saturated rings. The van der Waals surface area contributed by atoms with Gasteiger partial charge in [0.25, 0.3) is 10.0 Å². The van der Waals surface area contributed by atoms with Gasteiger partial charge in [-0.25, -0.2) is 20.8 Å². The SMILES string of the molecule is Cc1c(CC(=O)O)c2ccsc2n1S(=O)(=O)c1ccc(S(=O)(=O)N2CCOCC2)cc1. The summed E-state index contributed by atoms with van der Waals surface area (Å²) in [6.45, 7) is 2.68. The lowest BCUT2D eigenvalue weighted by atomic mass is 10.1. The number of carboxylic acids is 1. The van der Waals surface area contributed by atoms with Crippen LogP contribution >= 0.6 is 11.3 Å². The van der Waals surface area contributed by atoms with Gasteiger partial charge in [-0.05, 0) is 48.2 Å². The number of carbonyl (C=O) groups is 1. The van der Waals surface area contributed by atoms with Crippen molar-refractivity contribution in [1.29, 1.82) is 0 Å². The fourth-order valence-corrected chi connectivity index (χ4v) is 7.84. The normalized spacial score (nSPS) is 16.0. The van der Waals surface area contributed by atoms with E-state index in [0.29, 0.717) is 34.7 Å². The van der Waals surface area contributed by atoms with Crippen molar-refractivity contribution in [2.24, 2.45) is 0 Å². The summed E-state index contributed by atoms with van der Waals surface area (Å²) in [5, 5.41) is 11.5. The highest BCUT2D eigenvalue weighted by Gasteiger charge is 2.29. The zero-order valence-corrected chi connectivity index (χ0v) is 19.0. The summed E-state index contributed by atoms with van der Waals surface area (Å²) in [4.78, 5) is 11.6. The summed E-state index contributed by atoms with van der Waals surface area (Å²) in [6.07, 6.45) is -0.293. The van der Waals surface area contributed by atoms with Crippen LogP contribution in [0.2, 0.25) is 0 Å². The Hall–Kier alpha value is -2.25.